The van der Waals surface area contributed by atoms with Crippen LogP contribution in [-0.2, 0) is 0 Å². The van der Waals surface area contributed by atoms with Crippen LogP contribution in [0.5, 0.6) is 0 Å². The molecule has 5 heteroatoms. The number of carbonyl (C=O) groups excluding carboxylic acids is 1. The Hall–Kier alpha value is -0.0600. The van der Waals surface area contributed by atoms with Gasteiger partial charge in [0, 0.05) is 26.8 Å². The maximum Gasteiger partial charge on any atom is 0.252 e. The van der Waals surface area contributed by atoms with Crippen molar-refractivity contribution in [3.63, 3.8) is 0 Å². The van der Waals surface area contributed by atoms with Gasteiger partial charge in [-0.2, -0.15) is 0 Å². The number of hydrogen-bond donors (Lipinski definition) is 1. The fourth-order valence-corrected chi connectivity index (χ4v) is 4.28. The summed E-state index contributed by atoms with van der Waals surface area (Å²) >= 11 is 13.0. The molecule has 0 saturated heterocycles. The lowest BCUT2D eigenvalue weighted by Gasteiger charge is -2.35. The van der Waals surface area contributed by atoms with Crippen LogP contribution in [0.4, 0.5) is 0 Å². The summed E-state index contributed by atoms with van der Waals surface area (Å²) in [6.07, 6.45) is 5.93. The molecular formula is C15H18Br2ClNO. The Morgan fingerprint density at radius 3 is 2.55 bits per heavy atom. The average Bonchev–Trinajstić information content (AvgIpc) is 2.46. The summed E-state index contributed by atoms with van der Waals surface area (Å²) in [4.78, 5) is 12.3. The van der Waals surface area contributed by atoms with Crippen molar-refractivity contribution in [1.29, 1.82) is 0 Å². The molecule has 0 bridgehead atoms. The van der Waals surface area contributed by atoms with Crippen LogP contribution in [0, 0.1) is 5.41 Å². The molecule has 0 heterocycles. The summed E-state index contributed by atoms with van der Waals surface area (Å²) in [5, 5.41) is 3.05. The topological polar surface area (TPSA) is 29.1 Å². The third kappa shape index (κ3) is 3.99. The molecule has 0 radical (unpaired) electrons. The Kier molecular flexibility index (Phi) is 5.94. The number of hydrogen-bond acceptors (Lipinski definition) is 1. The smallest absolute Gasteiger partial charge is 0.252 e. The lowest BCUT2D eigenvalue weighted by atomic mass is 9.75. The van der Waals surface area contributed by atoms with Gasteiger partial charge in [-0.15, -0.1) is 11.6 Å². The molecule has 1 aliphatic carbocycles. The Morgan fingerprint density at radius 2 is 1.95 bits per heavy atom. The van der Waals surface area contributed by atoms with Crippen LogP contribution < -0.4 is 5.32 Å². The zero-order valence-corrected chi connectivity index (χ0v) is 15.2. The zero-order chi connectivity index (χ0) is 14.6. The first-order valence-electron chi connectivity index (χ1n) is 6.86. The van der Waals surface area contributed by atoms with Crippen molar-refractivity contribution in [2.75, 3.05) is 12.4 Å². The number of benzene rings is 1. The number of halogens is 3. The van der Waals surface area contributed by atoms with Crippen molar-refractivity contribution in [3.05, 3.63) is 32.7 Å². The second-order valence-corrected chi connectivity index (χ2v) is 7.54. The number of rotatable bonds is 4. The highest BCUT2D eigenvalue weighted by Crippen LogP contribution is 2.36. The van der Waals surface area contributed by atoms with Gasteiger partial charge in [0.05, 0.1) is 5.56 Å². The molecule has 0 unspecified atom stereocenters. The predicted molar refractivity (Wildman–Crippen MR) is 90.4 cm³/mol. The molecule has 1 saturated carbocycles. The summed E-state index contributed by atoms with van der Waals surface area (Å²) in [6, 6.07) is 5.57. The summed E-state index contributed by atoms with van der Waals surface area (Å²) in [6.45, 7) is 0.665. The van der Waals surface area contributed by atoms with Crippen LogP contribution in [0.1, 0.15) is 42.5 Å². The molecule has 1 fully saturated rings. The van der Waals surface area contributed by atoms with Crippen molar-refractivity contribution in [1.82, 2.24) is 5.32 Å². The van der Waals surface area contributed by atoms with Gasteiger partial charge in [-0.3, -0.25) is 4.79 Å². The maximum absolute atomic E-state index is 12.3. The van der Waals surface area contributed by atoms with Crippen molar-refractivity contribution < 1.29 is 4.79 Å². The first-order chi connectivity index (χ1) is 9.56. The summed E-state index contributed by atoms with van der Waals surface area (Å²) in [7, 11) is 0. The third-order valence-electron chi connectivity index (χ3n) is 4.00. The van der Waals surface area contributed by atoms with Gasteiger partial charge in [0.15, 0.2) is 0 Å². The van der Waals surface area contributed by atoms with E-state index in [1.54, 1.807) is 0 Å². The van der Waals surface area contributed by atoms with E-state index < -0.39 is 0 Å². The molecular weight excluding hydrogens is 405 g/mol. The van der Waals surface area contributed by atoms with Crippen LogP contribution in [-0.4, -0.2) is 18.3 Å². The highest BCUT2D eigenvalue weighted by Gasteiger charge is 2.31. The second-order valence-electron chi connectivity index (χ2n) is 5.50. The van der Waals surface area contributed by atoms with Gasteiger partial charge in [0.1, 0.15) is 0 Å². The van der Waals surface area contributed by atoms with E-state index in [4.69, 9.17) is 11.6 Å². The lowest BCUT2D eigenvalue weighted by molar-refractivity contribution is 0.0920. The molecule has 1 aliphatic rings. The van der Waals surface area contributed by atoms with Crippen molar-refractivity contribution in [3.8, 4) is 0 Å². The van der Waals surface area contributed by atoms with Crippen LogP contribution >= 0.6 is 43.5 Å². The Labute approximate surface area is 141 Å². The molecule has 0 aliphatic heterocycles. The molecule has 2 rings (SSSR count). The zero-order valence-electron chi connectivity index (χ0n) is 11.2. The van der Waals surface area contributed by atoms with E-state index in [0.29, 0.717) is 18.0 Å². The first-order valence-corrected chi connectivity index (χ1v) is 8.98. The van der Waals surface area contributed by atoms with Crippen molar-refractivity contribution in [2.45, 2.75) is 32.1 Å². The Morgan fingerprint density at radius 1 is 1.25 bits per heavy atom. The van der Waals surface area contributed by atoms with Crippen LogP contribution in [0.15, 0.2) is 27.1 Å². The molecule has 1 N–H and O–H groups in total. The molecule has 0 atom stereocenters. The lowest BCUT2D eigenvalue weighted by Crippen LogP contribution is -2.40. The molecule has 1 aromatic rings. The molecule has 110 valence electrons. The van der Waals surface area contributed by atoms with Crippen LogP contribution in [0.25, 0.3) is 0 Å². The SMILES string of the molecule is O=C(NCC1(CCl)CCCCC1)c1ccc(Br)cc1Br. The van der Waals surface area contributed by atoms with Gasteiger partial charge < -0.3 is 5.32 Å². The van der Waals surface area contributed by atoms with E-state index in [0.717, 1.165) is 21.8 Å². The molecule has 2 nitrogen and oxygen atoms in total. The minimum atomic E-state index is -0.0422. The monoisotopic (exact) mass is 421 g/mol. The van der Waals surface area contributed by atoms with E-state index >= 15 is 0 Å². The van der Waals surface area contributed by atoms with Crippen LogP contribution in [0.3, 0.4) is 0 Å². The minimum Gasteiger partial charge on any atom is -0.351 e. The fourth-order valence-electron chi connectivity index (χ4n) is 2.70. The highest BCUT2D eigenvalue weighted by molar-refractivity contribution is 9.11. The molecule has 0 spiro atoms. The van der Waals surface area contributed by atoms with Crippen LogP contribution in [0.2, 0.25) is 0 Å². The number of carbonyl (C=O) groups is 1. The normalized spacial score (nSPS) is 17.8. The van der Waals surface area contributed by atoms with E-state index in [1.165, 1.54) is 19.3 Å². The summed E-state index contributed by atoms with van der Waals surface area (Å²) in [5.41, 5.74) is 0.742. The van der Waals surface area contributed by atoms with E-state index in [9.17, 15) is 4.79 Å². The standard InChI is InChI=1S/C15H18Br2ClNO/c16-11-4-5-12(13(17)8-11)14(20)19-10-15(9-18)6-2-1-3-7-15/h4-5,8H,1-3,6-7,9-10H2,(H,19,20). The second kappa shape index (κ2) is 7.28. The van der Waals surface area contributed by atoms with E-state index in [-0.39, 0.29) is 11.3 Å². The van der Waals surface area contributed by atoms with Gasteiger partial charge >= 0.3 is 0 Å². The van der Waals surface area contributed by atoms with Gasteiger partial charge in [-0.25, -0.2) is 0 Å². The molecule has 20 heavy (non-hydrogen) atoms. The van der Waals surface area contributed by atoms with Gasteiger partial charge in [0.2, 0.25) is 0 Å². The number of alkyl halides is 1. The fraction of sp³-hybridized carbons (Fsp3) is 0.533. The summed E-state index contributed by atoms with van der Waals surface area (Å²) in [5.74, 6) is 0.578. The maximum atomic E-state index is 12.3. The average molecular weight is 424 g/mol. The molecule has 0 aromatic heterocycles. The highest BCUT2D eigenvalue weighted by atomic mass is 79.9. The van der Waals surface area contributed by atoms with E-state index in [1.807, 2.05) is 18.2 Å². The Balaban J connectivity index is 2.00. The van der Waals surface area contributed by atoms with Crippen molar-refractivity contribution >= 4 is 49.4 Å². The molecule has 1 aromatic carbocycles. The number of amides is 1. The van der Waals surface area contributed by atoms with Gasteiger partial charge in [-0.1, -0.05) is 35.2 Å². The minimum absolute atomic E-state index is 0.0422. The largest absolute Gasteiger partial charge is 0.351 e. The van der Waals surface area contributed by atoms with Gasteiger partial charge in [-0.05, 0) is 47.0 Å². The third-order valence-corrected chi connectivity index (χ3v) is 5.71. The van der Waals surface area contributed by atoms with Crippen molar-refractivity contribution in [2.24, 2.45) is 5.41 Å². The van der Waals surface area contributed by atoms with Gasteiger partial charge in [0.25, 0.3) is 5.91 Å². The molecule has 1 amide bonds. The van der Waals surface area contributed by atoms with E-state index in [2.05, 4.69) is 37.2 Å². The first kappa shape index (κ1) is 16.3. The quantitative estimate of drug-likeness (QED) is 0.669. The summed E-state index contributed by atoms with van der Waals surface area (Å²) < 4.78 is 1.75. The Bertz CT molecular complexity index is 487. The number of nitrogens with one attached hydrogen (secondary N) is 1. The predicted octanol–water partition coefficient (Wildman–Crippen LogP) is 5.13.